The first-order chi connectivity index (χ1) is 11.6. The van der Waals surface area contributed by atoms with Gasteiger partial charge in [0.25, 0.3) is 0 Å². The Labute approximate surface area is 140 Å². The molecule has 2 aromatic carbocycles. The van der Waals surface area contributed by atoms with Crippen LogP contribution in [-0.4, -0.2) is 32.1 Å². The monoisotopic (exact) mass is 328 g/mol. The second-order valence-corrected chi connectivity index (χ2v) is 4.90. The van der Waals surface area contributed by atoms with Gasteiger partial charge in [-0.15, -0.1) is 0 Å². The van der Waals surface area contributed by atoms with E-state index in [1.54, 1.807) is 24.3 Å². The first-order valence-corrected chi connectivity index (χ1v) is 7.58. The normalized spacial score (nSPS) is 9.92. The second-order valence-electron chi connectivity index (χ2n) is 4.90. The van der Waals surface area contributed by atoms with Crippen molar-refractivity contribution in [3.05, 3.63) is 54.1 Å². The Hall–Kier alpha value is -3.02. The summed E-state index contributed by atoms with van der Waals surface area (Å²) in [5.41, 5.74) is 1.53. The molecule has 0 unspecified atom stereocenters. The van der Waals surface area contributed by atoms with Crippen LogP contribution in [0.3, 0.4) is 0 Å². The largest absolute Gasteiger partial charge is 0.494 e. The standard InChI is InChI=1S/C18H20N2O4/c1-3-24-14-10-8-13(9-11-14)19-12-17(21)20-16-7-5-4-6-15(16)18(22)23-2/h4-11,19H,3,12H2,1-2H3,(H,20,21). The zero-order valence-electron chi connectivity index (χ0n) is 13.7. The minimum Gasteiger partial charge on any atom is -0.494 e. The molecule has 0 radical (unpaired) electrons. The Balaban J connectivity index is 1.93. The Kier molecular flexibility index (Phi) is 6.19. The van der Waals surface area contributed by atoms with Gasteiger partial charge in [-0.25, -0.2) is 4.79 Å². The number of nitrogens with one attached hydrogen (secondary N) is 2. The van der Waals surface area contributed by atoms with Crippen molar-refractivity contribution in [3.8, 4) is 5.75 Å². The molecule has 0 atom stereocenters. The fraction of sp³-hybridized carbons (Fsp3) is 0.222. The summed E-state index contributed by atoms with van der Waals surface area (Å²) in [5.74, 6) is 0.0186. The number of amides is 1. The molecule has 6 heteroatoms. The minimum absolute atomic E-state index is 0.0729. The molecule has 0 aromatic heterocycles. The number of hydrogen-bond acceptors (Lipinski definition) is 5. The summed E-state index contributed by atoms with van der Waals surface area (Å²) < 4.78 is 10.1. The van der Waals surface area contributed by atoms with E-state index < -0.39 is 5.97 Å². The molecule has 2 rings (SSSR count). The molecule has 0 aliphatic carbocycles. The van der Waals surface area contributed by atoms with Gasteiger partial charge in [0.05, 0.1) is 31.5 Å². The summed E-state index contributed by atoms with van der Waals surface area (Å²) in [4.78, 5) is 23.7. The fourth-order valence-corrected chi connectivity index (χ4v) is 2.09. The number of rotatable bonds is 7. The lowest BCUT2D eigenvalue weighted by atomic mass is 10.2. The molecule has 0 aliphatic rings. The molecule has 6 nitrogen and oxygen atoms in total. The summed E-state index contributed by atoms with van der Waals surface area (Å²) in [7, 11) is 1.30. The highest BCUT2D eigenvalue weighted by molar-refractivity contribution is 6.02. The third kappa shape index (κ3) is 4.74. The highest BCUT2D eigenvalue weighted by Crippen LogP contribution is 2.17. The predicted octanol–water partition coefficient (Wildman–Crippen LogP) is 2.92. The van der Waals surface area contributed by atoms with Gasteiger partial charge >= 0.3 is 5.97 Å². The zero-order chi connectivity index (χ0) is 17.4. The maximum absolute atomic E-state index is 12.1. The van der Waals surface area contributed by atoms with Crippen LogP contribution >= 0.6 is 0 Å². The van der Waals surface area contributed by atoms with Crippen LogP contribution in [0.5, 0.6) is 5.75 Å². The van der Waals surface area contributed by atoms with Gasteiger partial charge in [0.15, 0.2) is 0 Å². The number of para-hydroxylation sites is 1. The van der Waals surface area contributed by atoms with Crippen LogP contribution in [0.4, 0.5) is 11.4 Å². The Morgan fingerprint density at radius 3 is 2.42 bits per heavy atom. The van der Waals surface area contributed by atoms with E-state index in [2.05, 4.69) is 10.6 Å². The van der Waals surface area contributed by atoms with Gasteiger partial charge in [-0.1, -0.05) is 12.1 Å². The summed E-state index contributed by atoms with van der Waals surface area (Å²) in [5, 5.41) is 5.71. The smallest absolute Gasteiger partial charge is 0.339 e. The van der Waals surface area contributed by atoms with E-state index in [9.17, 15) is 9.59 Å². The number of esters is 1. The van der Waals surface area contributed by atoms with Crippen molar-refractivity contribution in [2.24, 2.45) is 0 Å². The van der Waals surface area contributed by atoms with E-state index >= 15 is 0 Å². The van der Waals surface area contributed by atoms with Crippen molar-refractivity contribution in [1.82, 2.24) is 0 Å². The molecular formula is C18H20N2O4. The molecular weight excluding hydrogens is 308 g/mol. The number of carbonyl (C=O) groups is 2. The van der Waals surface area contributed by atoms with Gasteiger partial charge in [0.1, 0.15) is 5.75 Å². The number of hydrogen-bond donors (Lipinski definition) is 2. The average molecular weight is 328 g/mol. The van der Waals surface area contributed by atoms with E-state index in [1.807, 2.05) is 31.2 Å². The van der Waals surface area contributed by atoms with Gasteiger partial charge in [0.2, 0.25) is 5.91 Å². The third-order valence-corrected chi connectivity index (χ3v) is 3.22. The Bertz CT molecular complexity index is 698. The molecule has 0 heterocycles. The first-order valence-electron chi connectivity index (χ1n) is 7.58. The Morgan fingerprint density at radius 2 is 1.75 bits per heavy atom. The van der Waals surface area contributed by atoms with E-state index in [0.717, 1.165) is 11.4 Å². The third-order valence-electron chi connectivity index (χ3n) is 3.22. The van der Waals surface area contributed by atoms with Gasteiger partial charge in [-0.05, 0) is 43.3 Å². The number of methoxy groups -OCH3 is 1. The number of benzene rings is 2. The molecule has 2 aromatic rings. The van der Waals surface area contributed by atoms with E-state index in [0.29, 0.717) is 17.9 Å². The summed E-state index contributed by atoms with van der Waals surface area (Å²) in [6.07, 6.45) is 0. The van der Waals surface area contributed by atoms with Crippen molar-refractivity contribution in [1.29, 1.82) is 0 Å². The molecule has 0 aliphatic heterocycles. The van der Waals surface area contributed by atoms with Gasteiger partial charge < -0.3 is 20.1 Å². The van der Waals surface area contributed by atoms with Crippen molar-refractivity contribution < 1.29 is 19.1 Å². The number of anilines is 2. The molecule has 2 N–H and O–H groups in total. The molecule has 0 fully saturated rings. The number of carbonyl (C=O) groups excluding carboxylic acids is 2. The van der Waals surface area contributed by atoms with E-state index in [1.165, 1.54) is 7.11 Å². The summed E-state index contributed by atoms with van der Waals surface area (Å²) in [6.45, 7) is 2.60. The van der Waals surface area contributed by atoms with E-state index in [-0.39, 0.29) is 12.5 Å². The van der Waals surface area contributed by atoms with Gasteiger partial charge in [-0.2, -0.15) is 0 Å². The van der Waals surface area contributed by atoms with Crippen molar-refractivity contribution >= 4 is 23.3 Å². The van der Waals surface area contributed by atoms with Crippen LogP contribution in [0.2, 0.25) is 0 Å². The maximum atomic E-state index is 12.1. The highest BCUT2D eigenvalue weighted by Gasteiger charge is 2.12. The van der Waals surface area contributed by atoms with Gasteiger partial charge in [-0.3, -0.25) is 4.79 Å². The molecule has 0 saturated carbocycles. The maximum Gasteiger partial charge on any atom is 0.339 e. The minimum atomic E-state index is -0.495. The SMILES string of the molecule is CCOc1ccc(NCC(=O)Nc2ccccc2C(=O)OC)cc1. The van der Waals surface area contributed by atoms with Crippen LogP contribution < -0.4 is 15.4 Å². The lowest BCUT2D eigenvalue weighted by Gasteiger charge is -2.11. The lowest BCUT2D eigenvalue weighted by molar-refractivity contribution is -0.114. The molecule has 126 valence electrons. The average Bonchev–Trinajstić information content (AvgIpc) is 2.61. The zero-order valence-corrected chi connectivity index (χ0v) is 13.7. The topological polar surface area (TPSA) is 76.7 Å². The summed E-state index contributed by atoms with van der Waals surface area (Å²) >= 11 is 0. The van der Waals surface area contributed by atoms with Crippen LogP contribution in [0.25, 0.3) is 0 Å². The quantitative estimate of drug-likeness (QED) is 0.764. The molecule has 0 bridgehead atoms. The molecule has 1 amide bonds. The van der Waals surface area contributed by atoms with Crippen LogP contribution in [-0.2, 0) is 9.53 Å². The Morgan fingerprint density at radius 1 is 1.04 bits per heavy atom. The predicted molar refractivity (Wildman–Crippen MR) is 92.5 cm³/mol. The van der Waals surface area contributed by atoms with E-state index in [4.69, 9.17) is 9.47 Å². The van der Waals surface area contributed by atoms with Gasteiger partial charge in [0, 0.05) is 5.69 Å². The highest BCUT2D eigenvalue weighted by atomic mass is 16.5. The molecule has 24 heavy (non-hydrogen) atoms. The second kappa shape index (κ2) is 8.57. The van der Waals surface area contributed by atoms with Crippen LogP contribution in [0.1, 0.15) is 17.3 Å². The van der Waals surface area contributed by atoms with Crippen LogP contribution in [0.15, 0.2) is 48.5 Å². The molecule has 0 spiro atoms. The number of ether oxygens (including phenoxy) is 2. The fourth-order valence-electron chi connectivity index (χ4n) is 2.09. The van der Waals surface area contributed by atoms with Crippen molar-refractivity contribution in [2.75, 3.05) is 30.9 Å². The van der Waals surface area contributed by atoms with Crippen molar-refractivity contribution in [3.63, 3.8) is 0 Å². The van der Waals surface area contributed by atoms with Crippen molar-refractivity contribution in [2.45, 2.75) is 6.92 Å². The molecule has 0 saturated heterocycles. The summed E-state index contributed by atoms with van der Waals surface area (Å²) in [6, 6.07) is 14.0. The van der Waals surface area contributed by atoms with Crippen LogP contribution in [0, 0.1) is 0 Å². The lowest BCUT2D eigenvalue weighted by Crippen LogP contribution is -2.23. The first kappa shape index (κ1) is 17.3.